The first-order valence-electron chi connectivity index (χ1n) is 10.5. The average Bonchev–Trinajstić information content (AvgIpc) is 3.20. The number of terminal acetylenes is 1. The highest BCUT2D eigenvalue weighted by Gasteiger charge is 2.15. The molecule has 3 aromatic carbocycles. The smallest absolute Gasteiger partial charge is 0.243 e. The maximum absolute atomic E-state index is 13.4. The first kappa shape index (κ1) is 21.8. The number of nitrogens with one attached hydrogen (secondary N) is 3. The molecule has 4 aromatic rings. The fraction of sp³-hybridized carbons (Fsp3) is 0.111. The number of carbonyl (C=O) groups excluding carboxylic acids is 2. The summed E-state index contributed by atoms with van der Waals surface area (Å²) in [5.74, 6) is 1.63. The van der Waals surface area contributed by atoms with Crippen molar-refractivity contribution in [1.29, 1.82) is 0 Å². The number of halogens is 1. The SMILES string of the molecule is C#Cc1cccc(NC(=O)CNC(=O)CCc2c(-c3ccc(F)cc3)[nH]c3ccccc23)c1. The number of anilines is 1. The summed E-state index contributed by atoms with van der Waals surface area (Å²) in [6.07, 6.45) is 6.04. The van der Waals surface area contributed by atoms with Gasteiger partial charge >= 0.3 is 0 Å². The van der Waals surface area contributed by atoms with Gasteiger partial charge in [-0.1, -0.05) is 30.2 Å². The number of fused-ring (bicyclic) bond motifs is 1. The molecular weight excluding hydrogens is 417 g/mol. The van der Waals surface area contributed by atoms with Crippen LogP contribution < -0.4 is 10.6 Å². The topological polar surface area (TPSA) is 74.0 Å². The van der Waals surface area contributed by atoms with Crippen LogP contribution in [0.2, 0.25) is 0 Å². The molecule has 2 amide bonds. The molecule has 6 heteroatoms. The molecule has 33 heavy (non-hydrogen) atoms. The molecule has 5 nitrogen and oxygen atoms in total. The van der Waals surface area contributed by atoms with E-state index in [2.05, 4.69) is 21.5 Å². The summed E-state index contributed by atoms with van der Waals surface area (Å²) in [5, 5.41) is 6.38. The maximum atomic E-state index is 13.4. The molecule has 0 fully saturated rings. The second-order valence-corrected chi connectivity index (χ2v) is 7.58. The molecule has 0 radical (unpaired) electrons. The molecule has 164 valence electrons. The van der Waals surface area contributed by atoms with Gasteiger partial charge in [-0.2, -0.15) is 0 Å². The summed E-state index contributed by atoms with van der Waals surface area (Å²) in [6.45, 7) is -0.141. The van der Waals surface area contributed by atoms with E-state index in [1.807, 2.05) is 24.3 Å². The summed E-state index contributed by atoms with van der Waals surface area (Å²) >= 11 is 0. The number of H-pyrrole nitrogens is 1. The predicted molar refractivity (Wildman–Crippen MR) is 128 cm³/mol. The van der Waals surface area contributed by atoms with E-state index in [4.69, 9.17) is 6.42 Å². The lowest BCUT2D eigenvalue weighted by molar-refractivity contribution is -0.124. The van der Waals surface area contributed by atoms with Gasteiger partial charge in [0.2, 0.25) is 11.8 Å². The molecule has 0 aliphatic rings. The Hall–Kier alpha value is -4.37. The van der Waals surface area contributed by atoms with Crippen LogP contribution >= 0.6 is 0 Å². The van der Waals surface area contributed by atoms with Crippen LogP contribution in [0.15, 0.2) is 72.8 Å². The van der Waals surface area contributed by atoms with E-state index in [1.165, 1.54) is 12.1 Å². The number of carbonyl (C=O) groups is 2. The molecule has 3 N–H and O–H groups in total. The quantitative estimate of drug-likeness (QED) is 0.367. The number of hydrogen-bond acceptors (Lipinski definition) is 2. The second-order valence-electron chi connectivity index (χ2n) is 7.58. The number of rotatable bonds is 7. The standard InChI is InChI=1S/C27H22FN3O2/c1-2-18-6-5-7-21(16-18)30-26(33)17-29-25(32)15-14-23-22-8-3-4-9-24(22)31-27(23)19-10-12-20(28)13-11-19/h1,3-13,16,31H,14-15,17H2,(H,29,32)(H,30,33). The Kier molecular flexibility index (Phi) is 6.51. The molecule has 0 spiro atoms. The number of hydrogen-bond donors (Lipinski definition) is 3. The Balaban J connectivity index is 1.40. The van der Waals surface area contributed by atoms with Gasteiger partial charge in [-0.15, -0.1) is 6.42 Å². The third-order valence-electron chi connectivity index (χ3n) is 5.31. The van der Waals surface area contributed by atoms with E-state index in [0.29, 0.717) is 17.7 Å². The highest BCUT2D eigenvalue weighted by molar-refractivity contribution is 5.95. The minimum Gasteiger partial charge on any atom is -0.354 e. The minimum atomic E-state index is -0.336. The summed E-state index contributed by atoms with van der Waals surface area (Å²) < 4.78 is 13.4. The van der Waals surface area contributed by atoms with Gasteiger partial charge in [0.15, 0.2) is 0 Å². The Morgan fingerprint density at radius 2 is 1.76 bits per heavy atom. The van der Waals surface area contributed by atoms with Crippen molar-refractivity contribution in [2.45, 2.75) is 12.8 Å². The Morgan fingerprint density at radius 3 is 2.55 bits per heavy atom. The van der Waals surface area contributed by atoms with E-state index < -0.39 is 0 Å². The zero-order valence-electron chi connectivity index (χ0n) is 17.8. The molecule has 0 atom stereocenters. The van der Waals surface area contributed by atoms with Crippen LogP contribution in [0.25, 0.3) is 22.2 Å². The zero-order chi connectivity index (χ0) is 23.2. The van der Waals surface area contributed by atoms with Crippen LogP contribution in [0.5, 0.6) is 0 Å². The highest BCUT2D eigenvalue weighted by Crippen LogP contribution is 2.31. The average molecular weight is 439 g/mol. The minimum absolute atomic E-state index is 0.141. The summed E-state index contributed by atoms with van der Waals surface area (Å²) in [5.41, 5.74) is 4.86. The van der Waals surface area contributed by atoms with E-state index >= 15 is 0 Å². The van der Waals surface area contributed by atoms with Gasteiger partial charge in [0, 0.05) is 34.3 Å². The van der Waals surface area contributed by atoms with E-state index in [9.17, 15) is 14.0 Å². The van der Waals surface area contributed by atoms with Gasteiger partial charge in [0.05, 0.1) is 6.54 Å². The molecule has 1 heterocycles. The first-order valence-corrected chi connectivity index (χ1v) is 10.5. The third kappa shape index (κ3) is 5.28. The number of aryl methyl sites for hydroxylation is 1. The fourth-order valence-electron chi connectivity index (χ4n) is 3.72. The predicted octanol–water partition coefficient (Wildman–Crippen LogP) is 4.64. The van der Waals surface area contributed by atoms with Crippen molar-refractivity contribution in [3.05, 3.63) is 89.7 Å². The van der Waals surface area contributed by atoms with Crippen molar-refractivity contribution in [2.75, 3.05) is 11.9 Å². The van der Waals surface area contributed by atoms with Crippen molar-refractivity contribution in [3.63, 3.8) is 0 Å². The zero-order valence-corrected chi connectivity index (χ0v) is 17.8. The number of aromatic nitrogens is 1. The van der Waals surface area contributed by atoms with Crippen molar-refractivity contribution < 1.29 is 14.0 Å². The van der Waals surface area contributed by atoms with Gasteiger partial charge in [-0.3, -0.25) is 9.59 Å². The van der Waals surface area contributed by atoms with Gasteiger partial charge in [-0.05, 0) is 66.1 Å². The van der Waals surface area contributed by atoms with Crippen molar-refractivity contribution in [1.82, 2.24) is 10.3 Å². The van der Waals surface area contributed by atoms with Crippen LogP contribution in [0.4, 0.5) is 10.1 Å². The monoisotopic (exact) mass is 439 g/mol. The van der Waals surface area contributed by atoms with Gasteiger partial charge in [0.1, 0.15) is 5.82 Å². The normalized spacial score (nSPS) is 10.5. The molecule has 0 aliphatic heterocycles. The van der Waals surface area contributed by atoms with Crippen molar-refractivity contribution in [2.24, 2.45) is 0 Å². The van der Waals surface area contributed by atoms with Crippen LogP contribution in [-0.4, -0.2) is 23.3 Å². The summed E-state index contributed by atoms with van der Waals surface area (Å²) in [6, 6.07) is 21.0. The molecule has 1 aromatic heterocycles. The van der Waals surface area contributed by atoms with Gasteiger partial charge in [-0.25, -0.2) is 4.39 Å². The molecule has 0 bridgehead atoms. The largest absolute Gasteiger partial charge is 0.354 e. The second kappa shape index (κ2) is 9.84. The molecule has 0 unspecified atom stereocenters. The van der Waals surface area contributed by atoms with Gasteiger partial charge in [0.25, 0.3) is 0 Å². The summed E-state index contributed by atoms with van der Waals surface area (Å²) in [7, 11) is 0. The van der Waals surface area contributed by atoms with E-state index in [1.54, 1.807) is 36.4 Å². The van der Waals surface area contributed by atoms with Crippen LogP contribution in [0, 0.1) is 18.2 Å². The lowest BCUT2D eigenvalue weighted by Crippen LogP contribution is -2.33. The Labute approximate surface area is 191 Å². The van der Waals surface area contributed by atoms with Crippen LogP contribution in [0.3, 0.4) is 0 Å². The Bertz CT molecular complexity index is 1350. The molecule has 4 rings (SSSR count). The molecular formula is C27H22FN3O2. The highest BCUT2D eigenvalue weighted by atomic mass is 19.1. The maximum Gasteiger partial charge on any atom is 0.243 e. The molecule has 0 saturated heterocycles. The van der Waals surface area contributed by atoms with E-state index in [-0.39, 0.29) is 30.6 Å². The Morgan fingerprint density at radius 1 is 0.970 bits per heavy atom. The van der Waals surface area contributed by atoms with Crippen LogP contribution in [-0.2, 0) is 16.0 Å². The lowest BCUT2D eigenvalue weighted by atomic mass is 10.0. The van der Waals surface area contributed by atoms with Gasteiger partial charge < -0.3 is 15.6 Å². The third-order valence-corrected chi connectivity index (χ3v) is 5.31. The molecule has 0 saturated carbocycles. The summed E-state index contributed by atoms with van der Waals surface area (Å²) in [4.78, 5) is 28.0. The van der Waals surface area contributed by atoms with E-state index in [0.717, 1.165) is 27.7 Å². The molecule has 0 aliphatic carbocycles. The van der Waals surface area contributed by atoms with Crippen LogP contribution in [0.1, 0.15) is 17.5 Å². The fourth-order valence-corrected chi connectivity index (χ4v) is 3.72. The first-order chi connectivity index (χ1) is 16.0. The van der Waals surface area contributed by atoms with Crippen molar-refractivity contribution in [3.8, 4) is 23.6 Å². The van der Waals surface area contributed by atoms with Crippen molar-refractivity contribution >= 4 is 28.4 Å². The number of benzene rings is 3. The lowest BCUT2D eigenvalue weighted by Gasteiger charge is -2.08. The number of para-hydroxylation sites is 1. The number of amides is 2. The number of aromatic amines is 1.